The first-order valence-corrected chi connectivity index (χ1v) is 4.17. The Balaban J connectivity index is 2.65. The van der Waals surface area contributed by atoms with E-state index in [0.717, 1.165) is 12.2 Å². The van der Waals surface area contributed by atoms with E-state index in [1.807, 2.05) is 31.2 Å². The number of nitrogens with zero attached hydrogens (tertiary/aromatic N) is 2. The Bertz CT molecular complexity index is 340. The molecule has 0 spiro atoms. The number of rotatable bonds is 3. The normalized spacial score (nSPS) is 9.54. The second-order valence-electron chi connectivity index (χ2n) is 2.74. The Morgan fingerprint density at radius 1 is 1.31 bits per heavy atom. The van der Waals surface area contributed by atoms with Crippen molar-refractivity contribution in [1.29, 1.82) is 10.5 Å². The molecule has 3 nitrogen and oxygen atoms in total. The predicted molar refractivity (Wildman–Crippen MR) is 46.5 cm³/mol. The Morgan fingerprint density at radius 3 is 2.38 bits per heavy atom. The summed E-state index contributed by atoms with van der Waals surface area (Å²) in [5.41, 5.74) is 0. The molecule has 0 fully saturated rings. The van der Waals surface area contributed by atoms with Gasteiger partial charge in [-0.1, -0.05) is 6.92 Å². The first kappa shape index (κ1) is 9.35. The monoisotopic (exact) mass is 174 g/mol. The van der Waals surface area contributed by atoms with Gasteiger partial charge in [0.25, 0.3) is 0 Å². The number of nitriles is 2. The smallest absolute Gasteiger partial charge is 0.140 e. The Labute approximate surface area is 77.2 Å². The van der Waals surface area contributed by atoms with E-state index in [2.05, 4.69) is 0 Å². The summed E-state index contributed by atoms with van der Waals surface area (Å²) in [5.74, 6) is 1.01. The first-order chi connectivity index (χ1) is 6.30. The van der Waals surface area contributed by atoms with Gasteiger partial charge in [-0.15, -0.1) is 0 Å². The molecule has 0 radical (unpaired) electrons. The Kier molecular flexibility index (Phi) is 3.11. The van der Waals surface area contributed by atoms with Crippen LogP contribution in [0.2, 0.25) is 0 Å². The van der Waals surface area contributed by atoms with Crippen molar-refractivity contribution in [2.24, 2.45) is 5.92 Å². The summed E-state index contributed by atoms with van der Waals surface area (Å²) in [7, 11) is 0. The molecule has 3 heteroatoms. The minimum atomic E-state index is -0.601. The van der Waals surface area contributed by atoms with Crippen molar-refractivity contribution >= 4 is 0 Å². The molecule has 0 unspecified atom stereocenters. The van der Waals surface area contributed by atoms with Gasteiger partial charge in [-0.3, -0.25) is 0 Å². The lowest BCUT2D eigenvalue weighted by atomic mass is 10.1. The standard InChI is InChI=1S/C10H10N2O/c1-2-9-3-4-10(13-9)5-8(6-11)7-12/h3-4,8H,2,5H2,1H3. The van der Waals surface area contributed by atoms with Crippen LogP contribution in [0.4, 0.5) is 0 Å². The zero-order valence-electron chi connectivity index (χ0n) is 7.45. The molecule has 0 amide bonds. The third-order valence-electron chi connectivity index (χ3n) is 1.78. The summed E-state index contributed by atoms with van der Waals surface area (Å²) >= 11 is 0. The van der Waals surface area contributed by atoms with Gasteiger partial charge in [0.15, 0.2) is 0 Å². The predicted octanol–water partition coefficient (Wildman–Crippen LogP) is 2.05. The van der Waals surface area contributed by atoms with E-state index in [1.165, 1.54) is 0 Å². The van der Waals surface area contributed by atoms with Crippen LogP contribution in [0.25, 0.3) is 0 Å². The Hall–Kier alpha value is -1.74. The van der Waals surface area contributed by atoms with Crippen molar-refractivity contribution in [3.63, 3.8) is 0 Å². The molecule has 0 aliphatic heterocycles. The summed E-state index contributed by atoms with van der Waals surface area (Å²) in [6.45, 7) is 1.99. The fourth-order valence-electron chi connectivity index (χ4n) is 1.04. The molecule has 13 heavy (non-hydrogen) atoms. The van der Waals surface area contributed by atoms with E-state index < -0.39 is 5.92 Å². The highest BCUT2D eigenvalue weighted by Crippen LogP contribution is 2.12. The molecule has 1 heterocycles. The largest absolute Gasteiger partial charge is 0.466 e. The van der Waals surface area contributed by atoms with Crippen molar-refractivity contribution < 1.29 is 4.42 Å². The summed E-state index contributed by atoms with van der Waals surface area (Å²) in [6, 6.07) is 7.51. The summed E-state index contributed by atoms with van der Waals surface area (Å²) in [4.78, 5) is 0. The number of hydrogen-bond acceptors (Lipinski definition) is 3. The molecule has 1 aromatic heterocycles. The summed E-state index contributed by atoms with van der Waals surface area (Å²) in [5, 5.41) is 17.1. The van der Waals surface area contributed by atoms with Crippen molar-refractivity contribution in [3.05, 3.63) is 23.7 Å². The zero-order valence-corrected chi connectivity index (χ0v) is 7.45. The summed E-state index contributed by atoms with van der Waals surface area (Å²) < 4.78 is 5.36. The summed E-state index contributed by atoms with van der Waals surface area (Å²) in [6.07, 6.45) is 1.22. The van der Waals surface area contributed by atoms with Gasteiger partial charge in [-0.2, -0.15) is 10.5 Å². The molecule has 0 aromatic carbocycles. The zero-order chi connectivity index (χ0) is 9.68. The number of aryl methyl sites for hydroxylation is 1. The molecular weight excluding hydrogens is 164 g/mol. The van der Waals surface area contributed by atoms with Gasteiger partial charge in [-0.25, -0.2) is 0 Å². The van der Waals surface area contributed by atoms with E-state index in [1.54, 1.807) is 0 Å². The molecule has 0 bridgehead atoms. The highest BCUT2D eigenvalue weighted by molar-refractivity contribution is 5.12. The van der Waals surface area contributed by atoms with Crippen LogP contribution in [0.5, 0.6) is 0 Å². The van der Waals surface area contributed by atoms with Crippen LogP contribution >= 0.6 is 0 Å². The fourth-order valence-corrected chi connectivity index (χ4v) is 1.04. The molecule has 0 atom stereocenters. The Morgan fingerprint density at radius 2 is 1.92 bits per heavy atom. The van der Waals surface area contributed by atoms with Crippen LogP contribution < -0.4 is 0 Å². The maximum absolute atomic E-state index is 8.54. The van der Waals surface area contributed by atoms with Gasteiger partial charge in [0, 0.05) is 12.8 Å². The van der Waals surface area contributed by atoms with Crippen LogP contribution in [0.1, 0.15) is 18.4 Å². The maximum Gasteiger partial charge on any atom is 0.140 e. The third kappa shape index (κ3) is 2.35. The highest BCUT2D eigenvalue weighted by Gasteiger charge is 2.09. The molecule has 1 rings (SSSR count). The number of hydrogen-bond donors (Lipinski definition) is 0. The molecule has 66 valence electrons. The molecule has 1 aromatic rings. The average molecular weight is 174 g/mol. The van der Waals surface area contributed by atoms with Crippen molar-refractivity contribution in [1.82, 2.24) is 0 Å². The van der Waals surface area contributed by atoms with E-state index in [4.69, 9.17) is 14.9 Å². The second-order valence-corrected chi connectivity index (χ2v) is 2.74. The van der Waals surface area contributed by atoms with Crippen LogP contribution in [-0.4, -0.2) is 0 Å². The lowest BCUT2D eigenvalue weighted by molar-refractivity contribution is 0.461. The molecule has 0 N–H and O–H groups in total. The van der Waals surface area contributed by atoms with Crippen LogP contribution in [0.15, 0.2) is 16.5 Å². The molecular formula is C10H10N2O. The van der Waals surface area contributed by atoms with Gasteiger partial charge in [0.1, 0.15) is 17.4 Å². The molecule has 0 aliphatic rings. The first-order valence-electron chi connectivity index (χ1n) is 4.17. The van der Waals surface area contributed by atoms with Gasteiger partial charge in [-0.05, 0) is 12.1 Å². The van der Waals surface area contributed by atoms with Crippen molar-refractivity contribution in [2.75, 3.05) is 0 Å². The molecule has 0 saturated carbocycles. The van der Waals surface area contributed by atoms with E-state index in [0.29, 0.717) is 12.2 Å². The van der Waals surface area contributed by atoms with Gasteiger partial charge >= 0.3 is 0 Å². The van der Waals surface area contributed by atoms with Gasteiger partial charge < -0.3 is 4.42 Å². The number of furan rings is 1. The highest BCUT2D eigenvalue weighted by atomic mass is 16.3. The van der Waals surface area contributed by atoms with E-state index in [9.17, 15) is 0 Å². The lowest BCUT2D eigenvalue weighted by Gasteiger charge is -1.94. The maximum atomic E-state index is 8.54. The van der Waals surface area contributed by atoms with Crippen LogP contribution in [0.3, 0.4) is 0 Å². The quantitative estimate of drug-likeness (QED) is 0.704. The minimum absolute atomic E-state index is 0.382. The van der Waals surface area contributed by atoms with E-state index in [-0.39, 0.29) is 0 Å². The van der Waals surface area contributed by atoms with Crippen molar-refractivity contribution in [2.45, 2.75) is 19.8 Å². The minimum Gasteiger partial charge on any atom is -0.466 e. The van der Waals surface area contributed by atoms with Crippen LogP contribution in [0, 0.1) is 28.6 Å². The van der Waals surface area contributed by atoms with Crippen LogP contribution in [-0.2, 0) is 12.8 Å². The van der Waals surface area contributed by atoms with Gasteiger partial charge in [0.05, 0.1) is 12.1 Å². The SMILES string of the molecule is CCc1ccc(CC(C#N)C#N)o1. The lowest BCUT2D eigenvalue weighted by Crippen LogP contribution is -1.96. The fraction of sp³-hybridized carbons (Fsp3) is 0.400. The van der Waals surface area contributed by atoms with Crippen molar-refractivity contribution in [3.8, 4) is 12.1 Å². The molecule has 0 aliphatic carbocycles. The third-order valence-corrected chi connectivity index (χ3v) is 1.78. The molecule has 0 saturated heterocycles. The average Bonchev–Trinajstić information content (AvgIpc) is 2.61. The van der Waals surface area contributed by atoms with Gasteiger partial charge in [0.2, 0.25) is 0 Å². The topological polar surface area (TPSA) is 60.7 Å². The second kappa shape index (κ2) is 4.33. The van der Waals surface area contributed by atoms with E-state index >= 15 is 0 Å².